The van der Waals surface area contributed by atoms with Crippen LogP contribution in [0.1, 0.15) is 12.8 Å². The van der Waals surface area contributed by atoms with E-state index in [-0.39, 0.29) is 0 Å². The van der Waals surface area contributed by atoms with Gasteiger partial charge in [-0.1, -0.05) is 11.6 Å². The molecule has 1 aromatic carbocycles. The molecule has 0 atom stereocenters. The molecular weight excluding hydrogens is 264 g/mol. The van der Waals surface area contributed by atoms with Crippen LogP contribution in [0.5, 0.6) is 11.5 Å². The fourth-order valence-electron chi connectivity index (χ4n) is 1.81. The molecule has 19 heavy (non-hydrogen) atoms. The molecule has 0 radical (unpaired) electrons. The predicted molar refractivity (Wildman–Crippen MR) is 72.7 cm³/mol. The van der Waals surface area contributed by atoms with Crippen LogP contribution >= 0.6 is 11.6 Å². The molecule has 0 N–H and O–H groups in total. The molecule has 1 aromatic heterocycles. The molecule has 0 saturated heterocycles. The monoisotopic (exact) mass is 276 g/mol. The van der Waals surface area contributed by atoms with E-state index in [9.17, 15) is 0 Å². The predicted octanol–water partition coefficient (Wildman–Crippen LogP) is 3.35. The fraction of sp³-hybridized carbons (Fsp3) is 0.286. The average molecular weight is 277 g/mol. The van der Waals surface area contributed by atoms with Gasteiger partial charge in [0.1, 0.15) is 17.8 Å². The van der Waals surface area contributed by atoms with Crippen LogP contribution in [-0.4, -0.2) is 23.2 Å². The summed E-state index contributed by atoms with van der Waals surface area (Å²) in [4.78, 5) is 8.13. The number of methoxy groups -OCH3 is 1. The summed E-state index contributed by atoms with van der Waals surface area (Å²) in [5.74, 6) is 1.37. The SMILES string of the molecule is COc1c(Cl)ncnc1-c1ccc(OC2CC2)cc1. The molecule has 0 spiro atoms. The highest BCUT2D eigenvalue weighted by atomic mass is 35.5. The van der Waals surface area contributed by atoms with E-state index in [0.717, 1.165) is 24.2 Å². The average Bonchev–Trinajstić information content (AvgIpc) is 3.23. The first kappa shape index (κ1) is 12.2. The van der Waals surface area contributed by atoms with Gasteiger partial charge in [-0.25, -0.2) is 9.97 Å². The van der Waals surface area contributed by atoms with Crippen LogP contribution < -0.4 is 9.47 Å². The summed E-state index contributed by atoms with van der Waals surface area (Å²) in [6.07, 6.45) is 4.12. The lowest BCUT2D eigenvalue weighted by molar-refractivity contribution is 0.303. The molecule has 1 aliphatic rings. The molecule has 5 heteroatoms. The minimum atomic E-state index is 0.311. The van der Waals surface area contributed by atoms with Crippen LogP contribution in [0, 0.1) is 0 Å². The van der Waals surface area contributed by atoms with Gasteiger partial charge in [0.2, 0.25) is 0 Å². The van der Waals surface area contributed by atoms with E-state index in [2.05, 4.69) is 9.97 Å². The maximum atomic E-state index is 5.99. The van der Waals surface area contributed by atoms with Crippen LogP contribution in [-0.2, 0) is 0 Å². The largest absolute Gasteiger partial charge is 0.491 e. The summed E-state index contributed by atoms with van der Waals surface area (Å²) in [6.45, 7) is 0. The van der Waals surface area contributed by atoms with Gasteiger partial charge in [-0.05, 0) is 37.1 Å². The van der Waals surface area contributed by atoms with Gasteiger partial charge in [-0.2, -0.15) is 0 Å². The van der Waals surface area contributed by atoms with Crippen LogP contribution in [0.4, 0.5) is 0 Å². The van der Waals surface area contributed by atoms with Gasteiger partial charge in [0.25, 0.3) is 0 Å². The minimum absolute atomic E-state index is 0.311. The second-order valence-electron chi connectivity index (χ2n) is 4.39. The lowest BCUT2D eigenvalue weighted by atomic mass is 10.1. The third-order valence-electron chi connectivity index (χ3n) is 2.92. The van der Waals surface area contributed by atoms with Crippen LogP contribution in [0.25, 0.3) is 11.3 Å². The third kappa shape index (κ3) is 2.63. The third-order valence-corrected chi connectivity index (χ3v) is 3.19. The molecule has 1 saturated carbocycles. The first-order valence-corrected chi connectivity index (χ1v) is 6.47. The lowest BCUT2D eigenvalue weighted by Crippen LogP contribution is -1.96. The zero-order valence-corrected chi connectivity index (χ0v) is 11.2. The molecular formula is C14H13ClN2O2. The quantitative estimate of drug-likeness (QED) is 0.804. The fourth-order valence-corrected chi connectivity index (χ4v) is 2.02. The van der Waals surface area contributed by atoms with Crippen molar-refractivity contribution in [3.05, 3.63) is 35.7 Å². The highest BCUT2D eigenvalue weighted by Gasteiger charge is 2.23. The Morgan fingerprint density at radius 2 is 1.89 bits per heavy atom. The summed E-state index contributed by atoms with van der Waals surface area (Å²) >= 11 is 5.99. The normalized spacial score (nSPS) is 14.2. The Balaban J connectivity index is 1.90. The van der Waals surface area contributed by atoms with Crippen LogP contribution in [0.15, 0.2) is 30.6 Å². The van der Waals surface area contributed by atoms with E-state index >= 15 is 0 Å². The van der Waals surface area contributed by atoms with Crippen molar-refractivity contribution in [1.29, 1.82) is 0 Å². The number of hydrogen-bond donors (Lipinski definition) is 0. The van der Waals surface area contributed by atoms with E-state index < -0.39 is 0 Å². The van der Waals surface area contributed by atoms with Crippen molar-refractivity contribution in [3.8, 4) is 22.8 Å². The van der Waals surface area contributed by atoms with Crippen molar-refractivity contribution in [2.24, 2.45) is 0 Å². The Labute approximate surface area is 116 Å². The van der Waals surface area contributed by atoms with Gasteiger partial charge in [0.05, 0.1) is 13.2 Å². The number of benzene rings is 1. The van der Waals surface area contributed by atoms with E-state index in [1.165, 1.54) is 6.33 Å². The van der Waals surface area contributed by atoms with Gasteiger partial charge >= 0.3 is 0 Å². The zero-order chi connectivity index (χ0) is 13.2. The number of rotatable bonds is 4. The highest BCUT2D eigenvalue weighted by molar-refractivity contribution is 6.31. The van der Waals surface area contributed by atoms with Crippen molar-refractivity contribution in [3.63, 3.8) is 0 Å². The summed E-state index contributed by atoms with van der Waals surface area (Å²) in [7, 11) is 1.55. The summed E-state index contributed by atoms with van der Waals surface area (Å²) in [6, 6.07) is 7.75. The van der Waals surface area contributed by atoms with Crippen molar-refractivity contribution in [2.45, 2.75) is 18.9 Å². The standard InChI is InChI=1S/C14H13ClN2O2/c1-18-13-12(16-8-17-14(13)15)9-2-4-10(5-3-9)19-11-6-7-11/h2-5,8,11H,6-7H2,1H3. The number of aromatic nitrogens is 2. The molecule has 0 bridgehead atoms. The van der Waals surface area contributed by atoms with Gasteiger partial charge in [0, 0.05) is 5.56 Å². The molecule has 1 fully saturated rings. The van der Waals surface area contributed by atoms with Crippen LogP contribution in [0.3, 0.4) is 0 Å². The first-order valence-electron chi connectivity index (χ1n) is 6.09. The summed E-state index contributed by atoms with van der Waals surface area (Å²) in [5, 5.41) is 0.311. The maximum absolute atomic E-state index is 5.99. The second-order valence-corrected chi connectivity index (χ2v) is 4.75. The number of nitrogens with zero attached hydrogens (tertiary/aromatic N) is 2. The molecule has 0 unspecified atom stereocenters. The second kappa shape index (κ2) is 5.05. The summed E-state index contributed by atoms with van der Waals surface area (Å²) < 4.78 is 11.0. The molecule has 4 nitrogen and oxygen atoms in total. The first-order chi connectivity index (χ1) is 9.28. The Morgan fingerprint density at radius 1 is 1.16 bits per heavy atom. The van der Waals surface area contributed by atoms with Gasteiger partial charge < -0.3 is 9.47 Å². The number of halogens is 1. The van der Waals surface area contributed by atoms with Crippen molar-refractivity contribution in [1.82, 2.24) is 9.97 Å². The molecule has 98 valence electrons. The molecule has 1 heterocycles. The van der Waals surface area contributed by atoms with E-state index in [4.69, 9.17) is 21.1 Å². The highest BCUT2D eigenvalue weighted by Crippen LogP contribution is 2.34. The minimum Gasteiger partial charge on any atom is -0.491 e. The smallest absolute Gasteiger partial charge is 0.182 e. The maximum Gasteiger partial charge on any atom is 0.182 e. The molecule has 1 aliphatic carbocycles. The molecule has 2 aromatic rings. The van der Waals surface area contributed by atoms with E-state index in [1.807, 2.05) is 24.3 Å². The molecule has 0 aliphatic heterocycles. The lowest BCUT2D eigenvalue weighted by Gasteiger charge is -2.09. The Kier molecular flexibility index (Phi) is 3.25. The Bertz CT molecular complexity index is 582. The zero-order valence-electron chi connectivity index (χ0n) is 10.5. The van der Waals surface area contributed by atoms with Gasteiger partial charge in [-0.15, -0.1) is 0 Å². The van der Waals surface area contributed by atoms with Crippen molar-refractivity contribution >= 4 is 11.6 Å². The van der Waals surface area contributed by atoms with Gasteiger partial charge in [0.15, 0.2) is 10.9 Å². The number of hydrogen-bond acceptors (Lipinski definition) is 4. The Hall–Kier alpha value is -1.81. The number of ether oxygens (including phenoxy) is 2. The summed E-state index contributed by atoms with van der Waals surface area (Å²) in [5.41, 5.74) is 1.60. The van der Waals surface area contributed by atoms with Crippen molar-refractivity contribution < 1.29 is 9.47 Å². The van der Waals surface area contributed by atoms with Crippen molar-refractivity contribution in [2.75, 3.05) is 7.11 Å². The van der Waals surface area contributed by atoms with Gasteiger partial charge in [-0.3, -0.25) is 0 Å². The Morgan fingerprint density at radius 3 is 2.53 bits per heavy atom. The molecule has 0 amide bonds. The molecule has 3 rings (SSSR count). The van der Waals surface area contributed by atoms with E-state index in [0.29, 0.717) is 22.7 Å². The van der Waals surface area contributed by atoms with Crippen LogP contribution in [0.2, 0.25) is 5.15 Å². The topological polar surface area (TPSA) is 44.2 Å². The van der Waals surface area contributed by atoms with E-state index in [1.54, 1.807) is 7.11 Å².